The van der Waals surface area contributed by atoms with Gasteiger partial charge >= 0.3 is 6.18 Å². The quantitative estimate of drug-likeness (QED) is 0.459. The van der Waals surface area contributed by atoms with Crippen LogP contribution in [0.2, 0.25) is 0 Å². The van der Waals surface area contributed by atoms with Crippen molar-refractivity contribution in [2.45, 2.75) is 62.1 Å². The lowest BCUT2D eigenvalue weighted by molar-refractivity contribution is -0.151. The number of thioether (sulfide) groups is 1. The van der Waals surface area contributed by atoms with E-state index in [1.54, 1.807) is 12.1 Å². The molecule has 0 saturated heterocycles. The van der Waals surface area contributed by atoms with Crippen LogP contribution in [0.3, 0.4) is 0 Å². The van der Waals surface area contributed by atoms with E-state index in [1.807, 2.05) is 19.2 Å². The van der Waals surface area contributed by atoms with Crippen LogP contribution < -0.4 is 10.6 Å². The van der Waals surface area contributed by atoms with Crippen LogP contribution in [0.1, 0.15) is 44.4 Å². The van der Waals surface area contributed by atoms with Gasteiger partial charge in [-0.25, -0.2) is 17.9 Å². The first-order chi connectivity index (χ1) is 17.1. The number of rotatable bonds is 7. The molecule has 2 heterocycles. The summed E-state index contributed by atoms with van der Waals surface area (Å²) in [5, 5.41) is 8.44. The van der Waals surface area contributed by atoms with Gasteiger partial charge in [0.1, 0.15) is 11.5 Å². The highest BCUT2D eigenvalue weighted by Crippen LogP contribution is 2.41. The maximum absolute atomic E-state index is 13.5. The third-order valence-electron chi connectivity index (χ3n) is 5.45. The third-order valence-corrected chi connectivity index (χ3v) is 6.86. The van der Waals surface area contributed by atoms with Gasteiger partial charge in [-0.1, -0.05) is 13.8 Å². The monoisotopic (exact) mass is 533 g/mol. The van der Waals surface area contributed by atoms with Crippen molar-refractivity contribution >= 4 is 29.6 Å². The standard InChI is InChI=1S/C21H19F6N5OS.C2H6/c22-12-1-3-14(4-2-12)34-16-6-5-15(16)19(33)28-7-11-10-32(31-17(11)18(23)24)13-8-29-20(30-9-13)21(25,26)27;1-2/h1-4,8-10,15-16,18,20,29H,5-7H2,(H,28,33);1-2H3. The largest absolute Gasteiger partial charge is 0.429 e. The topological polar surface area (TPSA) is 71.3 Å². The van der Waals surface area contributed by atoms with E-state index in [2.05, 4.69) is 15.4 Å². The van der Waals surface area contributed by atoms with Gasteiger partial charge in [-0.2, -0.15) is 18.3 Å². The van der Waals surface area contributed by atoms with Crippen molar-refractivity contribution in [2.24, 2.45) is 10.9 Å². The average Bonchev–Trinajstić information content (AvgIpc) is 3.27. The van der Waals surface area contributed by atoms with E-state index in [0.29, 0.717) is 6.42 Å². The number of carbonyl (C=O) groups excluding carboxylic acids is 1. The van der Waals surface area contributed by atoms with E-state index >= 15 is 0 Å². The van der Waals surface area contributed by atoms with Crippen LogP contribution in [0.4, 0.5) is 26.3 Å². The summed E-state index contributed by atoms with van der Waals surface area (Å²) in [7, 11) is 0. The predicted molar refractivity (Wildman–Crippen MR) is 125 cm³/mol. The minimum Gasteiger partial charge on any atom is -0.361 e. The number of nitrogens with one attached hydrogen (secondary N) is 2. The number of aromatic nitrogens is 2. The third kappa shape index (κ3) is 6.62. The van der Waals surface area contributed by atoms with Crippen molar-refractivity contribution in [1.82, 2.24) is 20.4 Å². The smallest absolute Gasteiger partial charge is 0.361 e. The van der Waals surface area contributed by atoms with Crippen molar-refractivity contribution in [3.63, 3.8) is 0 Å². The van der Waals surface area contributed by atoms with E-state index in [-0.39, 0.29) is 40.7 Å². The minimum absolute atomic E-state index is 0.0148. The van der Waals surface area contributed by atoms with Gasteiger partial charge in [-0.15, -0.1) is 11.8 Å². The van der Waals surface area contributed by atoms with Crippen LogP contribution in [0.25, 0.3) is 5.70 Å². The zero-order valence-electron chi connectivity index (χ0n) is 19.4. The first-order valence-corrected chi connectivity index (χ1v) is 12.1. The molecule has 0 bridgehead atoms. The van der Waals surface area contributed by atoms with Gasteiger partial charge < -0.3 is 10.6 Å². The molecule has 4 rings (SSSR count). The Labute approximate surface area is 208 Å². The number of hydrogen-bond acceptors (Lipinski definition) is 5. The summed E-state index contributed by atoms with van der Waals surface area (Å²) in [6, 6.07) is 5.94. The highest BCUT2D eigenvalue weighted by molar-refractivity contribution is 8.00. The summed E-state index contributed by atoms with van der Waals surface area (Å²) in [4.78, 5) is 16.8. The number of amides is 1. The molecular formula is C23H25F6N5OS. The molecule has 1 aromatic heterocycles. The van der Waals surface area contributed by atoms with Gasteiger partial charge in [-0.3, -0.25) is 9.79 Å². The van der Waals surface area contributed by atoms with E-state index in [1.165, 1.54) is 30.1 Å². The van der Waals surface area contributed by atoms with Gasteiger partial charge in [0, 0.05) is 34.7 Å². The van der Waals surface area contributed by atoms with Crippen molar-refractivity contribution in [3.8, 4) is 0 Å². The zero-order chi connectivity index (χ0) is 26.5. The maximum atomic E-state index is 13.5. The number of hydrogen-bond donors (Lipinski definition) is 2. The molecule has 13 heteroatoms. The van der Waals surface area contributed by atoms with Crippen LogP contribution in [-0.2, 0) is 11.3 Å². The Kier molecular flexibility index (Phi) is 9.09. The van der Waals surface area contributed by atoms with Gasteiger partial charge in [0.15, 0.2) is 0 Å². The molecule has 0 radical (unpaired) electrons. The number of alkyl halides is 5. The fourth-order valence-corrected chi connectivity index (χ4v) is 4.81. The minimum atomic E-state index is -4.60. The van der Waals surface area contributed by atoms with E-state index in [0.717, 1.165) is 28.4 Å². The molecule has 2 N–H and O–H groups in total. The fraction of sp³-hybridized carbons (Fsp3) is 0.435. The summed E-state index contributed by atoms with van der Waals surface area (Å²) in [5.74, 6) is -0.974. The molecule has 36 heavy (non-hydrogen) atoms. The molecule has 1 saturated carbocycles. The molecule has 1 aliphatic heterocycles. The molecule has 1 aliphatic carbocycles. The average molecular weight is 534 g/mol. The van der Waals surface area contributed by atoms with Crippen LogP contribution in [0, 0.1) is 11.7 Å². The Morgan fingerprint density at radius 3 is 2.44 bits per heavy atom. The lowest BCUT2D eigenvalue weighted by atomic mass is 9.84. The van der Waals surface area contributed by atoms with E-state index in [9.17, 15) is 31.1 Å². The number of nitrogens with zero attached hydrogens (tertiary/aromatic N) is 3. The Morgan fingerprint density at radius 2 is 1.92 bits per heavy atom. The molecule has 2 aromatic rings. The Morgan fingerprint density at radius 1 is 1.22 bits per heavy atom. The molecule has 3 atom stereocenters. The maximum Gasteiger partial charge on any atom is 0.429 e. The predicted octanol–water partition coefficient (Wildman–Crippen LogP) is 5.53. The Balaban J connectivity index is 0.00000176. The van der Waals surface area contributed by atoms with Crippen LogP contribution in [-0.4, -0.2) is 39.5 Å². The second-order valence-corrected chi connectivity index (χ2v) is 9.07. The van der Waals surface area contributed by atoms with E-state index < -0.39 is 24.5 Å². The van der Waals surface area contributed by atoms with Gasteiger partial charge in [0.25, 0.3) is 6.43 Å². The molecule has 1 fully saturated rings. The second kappa shape index (κ2) is 11.8. The molecule has 1 aromatic carbocycles. The number of aliphatic imine (C=N–C) groups is 1. The number of allylic oxidation sites excluding steroid dienone is 1. The molecule has 2 aliphatic rings. The highest BCUT2D eigenvalue weighted by atomic mass is 32.2. The Bertz CT molecular complexity index is 1100. The second-order valence-electron chi connectivity index (χ2n) is 7.75. The van der Waals surface area contributed by atoms with Crippen LogP contribution in [0.5, 0.6) is 0 Å². The van der Waals surface area contributed by atoms with Gasteiger partial charge in [-0.05, 0) is 37.1 Å². The van der Waals surface area contributed by atoms with E-state index in [4.69, 9.17) is 0 Å². The molecule has 196 valence electrons. The lowest BCUT2D eigenvalue weighted by Crippen LogP contribution is -2.42. The number of benzene rings is 1. The van der Waals surface area contributed by atoms with Crippen LogP contribution >= 0.6 is 11.8 Å². The summed E-state index contributed by atoms with van der Waals surface area (Å²) in [5.41, 5.74) is -0.509. The molecular weight excluding hydrogens is 508 g/mol. The fourth-order valence-electron chi connectivity index (χ4n) is 3.49. The van der Waals surface area contributed by atoms with Gasteiger partial charge in [0.05, 0.1) is 17.8 Å². The van der Waals surface area contributed by atoms with Crippen molar-refractivity contribution in [3.05, 3.63) is 53.7 Å². The SMILES string of the molecule is CC.O=C(NCc1cn(C2=CNC(C(F)(F)F)N=C2)nc1C(F)F)C1CCC1Sc1ccc(F)cc1. The molecule has 6 nitrogen and oxygen atoms in total. The van der Waals surface area contributed by atoms with Crippen LogP contribution in [0.15, 0.2) is 46.6 Å². The summed E-state index contributed by atoms with van der Waals surface area (Å²) < 4.78 is 79.1. The molecule has 0 spiro atoms. The van der Waals surface area contributed by atoms with Crippen molar-refractivity contribution in [1.29, 1.82) is 0 Å². The van der Waals surface area contributed by atoms with Crippen molar-refractivity contribution < 1.29 is 31.1 Å². The normalized spacial score (nSPS) is 21.1. The zero-order valence-corrected chi connectivity index (χ0v) is 20.2. The van der Waals surface area contributed by atoms with Crippen molar-refractivity contribution in [2.75, 3.05) is 0 Å². The lowest BCUT2D eigenvalue weighted by Gasteiger charge is -2.34. The summed E-state index contributed by atoms with van der Waals surface area (Å²) in [6.45, 7) is 3.78. The number of carbonyl (C=O) groups is 1. The number of halogens is 6. The Hall–Kier alpha value is -2.96. The summed E-state index contributed by atoms with van der Waals surface area (Å²) >= 11 is 1.46. The molecule has 3 unspecified atom stereocenters. The summed E-state index contributed by atoms with van der Waals surface area (Å²) in [6.07, 6.45) is -5.13. The highest BCUT2D eigenvalue weighted by Gasteiger charge is 2.40. The first-order valence-electron chi connectivity index (χ1n) is 11.2. The first kappa shape index (κ1) is 27.6. The van der Waals surface area contributed by atoms with Gasteiger partial charge in [0.2, 0.25) is 12.1 Å². The molecule has 1 amide bonds.